The largest absolute Gasteiger partial charge is 0.465 e. The smallest absolute Gasteiger partial charge is 0.322 e. The van der Waals surface area contributed by atoms with Gasteiger partial charge in [-0.05, 0) is 24.6 Å². The maximum atomic E-state index is 11.9. The highest BCUT2D eigenvalue weighted by molar-refractivity contribution is 9.10. The third kappa shape index (κ3) is 3.69. The zero-order valence-corrected chi connectivity index (χ0v) is 13.1. The van der Waals surface area contributed by atoms with E-state index in [0.29, 0.717) is 18.1 Å². The van der Waals surface area contributed by atoms with Crippen LogP contribution in [-0.4, -0.2) is 30.8 Å². The van der Waals surface area contributed by atoms with E-state index in [2.05, 4.69) is 21.9 Å². The minimum absolute atomic E-state index is 0.0839. The molecule has 0 aromatic heterocycles. The summed E-state index contributed by atoms with van der Waals surface area (Å²) in [5.41, 5.74) is 0.754. The Morgan fingerprint density at radius 3 is 2.95 bits per heavy atom. The molecule has 1 heterocycles. The molecule has 1 aromatic rings. The highest BCUT2D eigenvalue weighted by atomic mass is 79.9. The number of esters is 1. The average Bonchev–Trinajstić information content (AvgIpc) is 2.95. The highest BCUT2D eigenvalue weighted by Crippen LogP contribution is 2.37. The Balaban J connectivity index is 2.23. The number of alkyl halides is 1. The molecule has 0 saturated heterocycles. The van der Waals surface area contributed by atoms with Gasteiger partial charge >= 0.3 is 5.97 Å². The molecule has 0 spiro atoms. The van der Waals surface area contributed by atoms with Crippen LogP contribution in [0.2, 0.25) is 0 Å². The van der Waals surface area contributed by atoms with Gasteiger partial charge in [-0.3, -0.25) is 4.79 Å². The van der Waals surface area contributed by atoms with Crippen molar-refractivity contribution in [2.45, 2.75) is 17.9 Å². The molecule has 0 saturated carbocycles. The number of hydrogen-bond donors (Lipinski definition) is 0. The molecule has 0 bridgehead atoms. The Morgan fingerprint density at radius 1 is 1.48 bits per heavy atom. The number of benzene rings is 1. The van der Waals surface area contributed by atoms with Crippen molar-refractivity contribution in [2.75, 3.05) is 20.0 Å². The predicted molar refractivity (Wildman–Crippen MR) is 79.4 cm³/mol. The minimum atomic E-state index is -0.661. The normalized spacial score (nSPS) is 15.1. The van der Waals surface area contributed by atoms with Crippen LogP contribution in [0.5, 0.6) is 11.5 Å². The molecule has 5 nitrogen and oxygen atoms in total. The standard InChI is InChI=1S/C15H15BrO5/c1-3-7-19-14(13(16)15(17)18-4-2)10-5-6-11-12(8-10)21-9-20-11/h1,5-6,8,13-14H,4,7,9H2,2H3/t13-,14?/m1/s1. The summed E-state index contributed by atoms with van der Waals surface area (Å²) in [5.74, 6) is 3.27. The van der Waals surface area contributed by atoms with E-state index in [4.69, 9.17) is 25.4 Å². The molecule has 0 radical (unpaired) electrons. The molecule has 2 atom stereocenters. The molecule has 0 amide bonds. The summed E-state index contributed by atoms with van der Waals surface area (Å²) in [7, 11) is 0. The van der Waals surface area contributed by atoms with E-state index in [0.717, 1.165) is 5.56 Å². The summed E-state index contributed by atoms with van der Waals surface area (Å²) < 4.78 is 21.2. The molecule has 1 unspecified atom stereocenters. The lowest BCUT2D eigenvalue weighted by atomic mass is 10.1. The lowest BCUT2D eigenvalue weighted by molar-refractivity contribution is -0.145. The van der Waals surface area contributed by atoms with Crippen LogP contribution in [0.3, 0.4) is 0 Å². The van der Waals surface area contributed by atoms with Crippen molar-refractivity contribution < 1.29 is 23.7 Å². The third-order valence-corrected chi connectivity index (χ3v) is 3.70. The van der Waals surface area contributed by atoms with Crippen LogP contribution in [0.1, 0.15) is 18.6 Å². The zero-order chi connectivity index (χ0) is 15.2. The van der Waals surface area contributed by atoms with Gasteiger partial charge in [-0.15, -0.1) is 6.42 Å². The van der Waals surface area contributed by atoms with Crippen LogP contribution >= 0.6 is 15.9 Å². The maximum absolute atomic E-state index is 11.9. The summed E-state index contributed by atoms with van der Waals surface area (Å²) in [6.07, 6.45) is 4.65. The molecule has 6 heteroatoms. The molecule has 0 N–H and O–H groups in total. The number of carbonyl (C=O) groups is 1. The van der Waals surface area contributed by atoms with E-state index in [1.54, 1.807) is 19.1 Å². The van der Waals surface area contributed by atoms with Gasteiger partial charge in [-0.2, -0.15) is 0 Å². The van der Waals surface area contributed by atoms with Crippen molar-refractivity contribution >= 4 is 21.9 Å². The van der Waals surface area contributed by atoms with Crippen LogP contribution in [0.4, 0.5) is 0 Å². The average molecular weight is 355 g/mol. The zero-order valence-electron chi connectivity index (χ0n) is 11.5. The first-order valence-corrected chi connectivity index (χ1v) is 7.34. The minimum Gasteiger partial charge on any atom is -0.465 e. The van der Waals surface area contributed by atoms with Gasteiger partial charge in [0.05, 0.1) is 6.61 Å². The number of ether oxygens (including phenoxy) is 4. The van der Waals surface area contributed by atoms with Gasteiger partial charge in [-0.1, -0.05) is 27.9 Å². The van der Waals surface area contributed by atoms with Gasteiger partial charge in [-0.25, -0.2) is 0 Å². The van der Waals surface area contributed by atoms with Gasteiger partial charge in [0.2, 0.25) is 6.79 Å². The Kier molecular flexibility index (Phi) is 5.48. The Bertz CT molecular complexity index is 551. The number of rotatable bonds is 6. The molecule has 112 valence electrons. The Morgan fingerprint density at radius 2 is 2.24 bits per heavy atom. The summed E-state index contributed by atoms with van der Waals surface area (Å²) in [5, 5.41) is 0. The van der Waals surface area contributed by atoms with Crippen LogP contribution < -0.4 is 9.47 Å². The van der Waals surface area contributed by atoms with Crippen molar-refractivity contribution in [3.8, 4) is 23.8 Å². The monoisotopic (exact) mass is 354 g/mol. The van der Waals surface area contributed by atoms with E-state index >= 15 is 0 Å². The predicted octanol–water partition coefficient (Wildman–Crippen LogP) is 2.43. The quantitative estimate of drug-likeness (QED) is 0.446. The van der Waals surface area contributed by atoms with Crippen molar-refractivity contribution in [2.24, 2.45) is 0 Å². The molecule has 1 aromatic carbocycles. The van der Waals surface area contributed by atoms with Crippen LogP contribution in [0.15, 0.2) is 18.2 Å². The first-order valence-electron chi connectivity index (χ1n) is 6.42. The molecule has 0 aliphatic carbocycles. The second-order valence-electron chi connectivity index (χ2n) is 4.20. The molecule has 2 rings (SSSR count). The Hall–Kier alpha value is -1.71. The van der Waals surface area contributed by atoms with E-state index < -0.39 is 16.9 Å². The fraction of sp³-hybridized carbons (Fsp3) is 0.400. The van der Waals surface area contributed by atoms with Crippen LogP contribution in [0, 0.1) is 12.3 Å². The van der Waals surface area contributed by atoms with Crippen LogP contribution in [0.25, 0.3) is 0 Å². The van der Waals surface area contributed by atoms with E-state index in [1.807, 2.05) is 6.07 Å². The van der Waals surface area contributed by atoms with Gasteiger partial charge in [0, 0.05) is 0 Å². The SMILES string of the molecule is C#CCOC(c1ccc2c(c1)OCO2)[C@@H](Br)C(=O)OCC. The molecular weight excluding hydrogens is 340 g/mol. The van der Waals surface area contributed by atoms with E-state index in [1.165, 1.54) is 0 Å². The van der Waals surface area contributed by atoms with Gasteiger partial charge in [0.15, 0.2) is 11.5 Å². The molecular formula is C15H15BrO5. The summed E-state index contributed by atoms with van der Waals surface area (Å²) >= 11 is 3.32. The van der Waals surface area contributed by atoms with Crippen molar-refractivity contribution in [1.82, 2.24) is 0 Å². The number of fused-ring (bicyclic) bond motifs is 1. The number of halogens is 1. The number of hydrogen-bond acceptors (Lipinski definition) is 5. The topological polar surface area (TPSA) is 54.0 Å². The van der Waals surface area contributed by atoms with Crippen molar-refractivity contribution in [3.05, 3.63) is 23.8 Å². The Labute approximate surface area is 131 Å². The number of terminal acetylenes is 1. The van der Waals surface area contributed by atoms with E-state index in [-0.39, 0.29) is 13.4 Å². The van der Waals surface area contributed by atoms with E-state index in [9.17, 15) is 4.79 Å². The summed E-state index contributed by atoms with van der Waals surface area (Å²) in [4.78, 5) is 11.2. The molecule has 21 heavy (non-hydrogen) atoms. The lowest BCUT2D eigenvalue weighted by Crippen LogP contribution is -2.27. The highest BCUT2D eigenvalue weighted by Gasteiger charge is 2.30. The molecule has 0 fully saturated rings. The van der Waals surface area contributed by atoms with Gasteiger partial charge in [0.25, 0.3) is 0 Å². The first-order chi connectivity index (χ1) is 10.2. The fourth-order valence-electron chi connectivity index (χ4n) is 1.92. The van der Waals surface area contributed by atoms with Crippen LogP contribution in [-0.2, 0) is 14.3 Å². The first kappa shape index (κ1) is 15.7. The molecule has 1 aliphatic heterocycles. The molecule has 1 aliphatic rings. The summed E-state index contributed by atoms with van der Waals surface area (Å²) in [6, 6.07) is 5.36. The number of carbonyl (C=O) groups excluding carboxylic acids is 1. The third-order valence-electron chi connectivity index (χ3n) is 2.85. The van der Waals surface area contributed by atoms with Gasteiger partial charge in [0.1, 0.15) is 17.5 Å². The fourth-order valence-corrected chi connectivity index (χ4v) is 2.51. The van der Waals surface area contributed by atoms with Crippen molar-refractivity contribution in [3.63, 3.8) is 0 Å². The van der Waals surface area contributed by atoms with Gasteiger partial charge < -0.3 is 18.9 Å². The maximum Gasteiger partial charge on any atom is 0.322 e. The second kappa shape index (κ2) is 7.34. The lowest BCUT2D eigenvalue weighted by Gasteiger charge is -2.21. The summed E-state index contributed by atoms with van der Waals surface area (Å²) in [6.45, 7) is 2.31. The second-order valence-corrected chi connectivity index (χ2v) is 5.19. The van der Waals surface area contributed by atoms with Crippen molar-refractivity contribution in [1.29, 1.82) is 0 Å².